The van der Waals surface area contributed by atoms with Gasteiger partial charge in [-0.15, -0.1) is 6.58 Å². The number of methoxy groups -OCH3 is 1. The normalized spacial score (nSPS) is 12.6. The minimum Gasteiger partial charge on any atom is -0.497 e. The smallest absolute Gasteiger partial charge is 0.274 e. The molecule has 0 atom stereocenters. The molecule has 3 heterocycles. The minimum atomic E-state index is -0.206. The SMILES string of the molecule is C=C/C=c1\c(=C)nc(/C=C/c2ccc(N(C)C)cc2)n(-c2ccc(OC)cc2)c1=O.C=CC.C=CC(=C)C=C.Cn1c(=O)c(N2CCCCC2)c2c3c(cccc31)C(=O)c1ccccc1-2. The quantitative estimate of drug-likeness (QED) is 0.106. The molecule has 1 aliphatic heterocycles. The van der Waals surface area contributed by atoms with Gasteiger partial charge in [-0.1, -0.05) is 112 Å². The third-order valence-electron chi connectivity index (χ3n) is 11.0. The summed E-state index contributed by atoms with van der Waals surface area (Å²) in [5.74, 6) is 1.25. The van der Waals surface area contributed by atoms with E-state index in [2.05, 4.69) is 49.4 Å². The summed E-state index contributed by atoms with van der Waals surface area (Å²) in [4.78, 5) is 48.5. The molecule has 2 aliphatic rings. The molecule has 0 unspecified atom stereocenters. The van der Waals surface area contributed by atoms with Crippen molar-refractivity contribution in [1.29, 1.82) is 0 Å². The summed E-state index contributed by atoms with van der Waals surface area (Å²) in [5.41, 5.74) is 8.30. The molecule has 0 amide bonds. The van der Waals surface area contributed by atoms with Crippen LogP contribution < -0.4 is 36.2 Å². The molecule has 0 spiro atoms. The van der Waals surface area contributed by atoms with E-state index in [0.29, 0.717) is 39.0 Å². The first-order valence-corrected chi connectivity index (χ1v) is 21.5. The van der Waals surface area contributed by atoms with Gasteiger partial charge < -0.3 is 19.1 Å². The molecule has 2 aromatic heterocycles. The molecule has 9 heteroatoms. The molecule has 0 saturated carbocycles. The van der Waals surface area contributed by atoms with Gasteiger partial charge in [0.2, 0.25) is 0 Å². The molecule has 65 heavy (non-hydrogen) atoms. The van der Waals surface area contributed by atoms with Crippen molar-refractivity contribution < 1.29 is 9.53 Å². The summed E-state index contributed by atoms with van der Waals surface area (Å²) < 4.78 is 8.49. The molecule has 1 saturated heterocycles. The van der Waals surface area contributed by atoms with Gasteiger partial charge in [-0.2, -0.15) is 0 Å². The van der Waals surface area contributed by atoms with Crippen LogP contribution in [0.25, 0.3) is 52.5 Å². The van der Waals surface area contributed by atoms with Gasteiger partial charge in [-0.25, -0.2) is 4.98 Å². The van der Waals surface area contributed by atoms with E-state index in [4.69, 9.17) is 4.74 Å². The summed E-state index contributed by atoms with van der Waals surface area (Å²) in [6, 6.07) is 28.8. The van der Waals surface area contributed by atoms with Crippen LogP contribution in [0, 0.1) is 0 Å². The van der Waals surface area contributed by atoms with E-state index in [-0.39, 0.29) is 16.9 Å². The van der Waals surface area contributed by atoms with Crippen molar-refractivity contribution in [2.75, 3.05) is 44.1 Å². The zero-order valence-electron chi connectivity index (χ0n) is 38.3. The van der Waals surface area contributed by atoms with Crippen LogP contribution in [0.3, 0.4) is 0 Å². The molecular weight excluding hydrogens is 807 g/mol. The van der Waals surface area contributed by atoms with Crippen LogP contribution in [0.2, 0.25) is 0 Å². The van der Waals surface area contributed by atoms with Gasteiger partial charge in [-0.3, -0.25) is 19.0 Å². The second-order valence-corrected chi connectivity index (χ2v) is 15.5. The number of hydrogen-bond acceptors (Lipinski definition) is 7. The standard InChI is InChI=1S/C25H25N3O2.C22H20N2O2.C6H8.C3H6/c1-6-7-23-18(2)26-24(17-10-19-8-11-20(12-9-19)27(3)4)28(25(23)29)21-13-15-22(30-5)16-14-21;1-23-17-11-7-10-16-18(17)19(14-8-3-4-9-15(14)21(16)25)20(22(23)26)24-12-5-2-6-13-24;1-4-6(3)5-2;1-3-2/h6-17H,1-2H2,3-5H3;3-4,7-11H,2,5-6,12-13H2,1H3;4-5H,1-3H2;3H,1H2,2H3/b17-10+,23-7+;;;. The van der Waals surface area contributed by atoms with E-state index in [1.54, 1.807) is 46.6 Å². The molecule has 1 aliphatic carbocycles. The molecule has 0 radical (unpaired) electrons. The van der Waals surface area contributed by atoms with Crippen LogP contribution in [0.15, 0.2) is 163 Å². The number of fused-ring (bicyclic) bond motifs is 2. The molecule has 1 fully saturated rings. The monoisotopic (exact) mass is 865 g/mol. The van der Waals surface area contributed by atoms with Gasteiger partial charge in [0.25, 0.3) is 11.1 Å². The molecule has 4 aromatic carbocycles. The van der Waals surface area contributed by atoms with Gasteiger partial charge in [-0.05, 0) is 97.5 Å². The largest absolute Gasteiger partial charge is 0.497 e. The lowest BCUT2D eigenvalue weighted by molar-refractivity contribution is 0.104. The fourth-order valence-corrected chi connectivity index (χ4v) is 7.59. The fraction of sp³-hybridized carbons (Fsp3) is 0.179. The molecule has 0 N–H and O–H groups in total. The highest BCUT2D eigenvalue weighted by Gasteiger charge is 2.31. The number of carbonyl (C=O) groups excluding carboxylic acids is 1. The lowest BCUT2D eigenvalue weighted by Crippen LogP contribution is -2.46. The van der Waals surface area contributed by atoms with Crippen molar-refractivity contribution >= 4 is 52.9 Å². The number of hydrogen-bond donors (Lipinski definition) is 0. The number of piperidine rings is 1. The zero-order chi connectivity index (χ0) is 47.2. The molecule has 6 aromatic rings. The summed E-state index contributed by atoms with van der Waals surface area (Å²) in [7, 11) is 7.41. The van der Waals surface area contributed by atoms with Crippen molar-refractivity contribution in [3.8, 4) is 22.6 Å². The van der Waals surface area contributed by atoms with Crippen LogP contribution in [0.5, 0.6) is 5.75 Å². The van der Waals surface area contributed by atoms with Crippen molar-refractivity contribution in [2.24, 2.45) is 7.05 Å². The number of carbonyl (C=O) groups is 1. The average Bonchev–Trinajstić information content (AvgIpc) is 3.33. The minimum absolute atomic E-state index is 0.0238. The van der Waals surface area contributed by atoms with Crippen molar-refractivity contribution in [3.63, 3.8) is 0 Å². The number of ether oxygens (including phenoxy) is 1. The second kappa shape index (κ2) is 22.5. The lowest BCUT2D eigenvalue weighted by Gasteiger charge is -2.32. The number of anilines is 2. The van der Waals surface area contributed by atoms with E-state index < -0.39 is 0 Å². The number of aromatic nitrogens is 3. The van der Waals surface area contributed by atoms with E-state index >= 15 is 0 Å². The Morgan fingerprint density at radius 3 is 1.95 bits per heavy atom. The van der Waals surface area contributed by atoms with Crippen molar-refractivity contribution in [3.05, 3.63) is 208 Å². The fourth-order valence-electron chi connectivity index (χ4n) is 7.59. The number of pyridine rings is 1. The number of nitrogens with zero attached hydrogens (tertiary/aromatic N) is 5. The maximum Gasteiger partial charge on any atom is 0.274 e. The number of allylic oxidation sites excluding steroid dienone is 5. The van der Waals surface area contributed by atoms with Gasteiger partial charge in [0, 0.05) is 62.0 Å². The third-order valence-corrected chi connectivity index (χ3v) is 11.0. The average molecular weight is 866 g/mol. The Morgan fingerprint density at radius 2 is 1.38 bits per heavy atom. The first-order valence-electron chi connectivity index (χ1n) is 21.5. The lowest BCUT2D eigenvalue weighted by atomic mass is 9.83. The maximum absolute atomic E-state index is 13.3. The van der Waals surface area contributed by atoms with E-state index in [1.807, 2.05) is 136 Å². The van der Waals surface area contributed by atoms with Crippen LogP contribution in [-0.4, -0.2) is 54.2 Å². The van der Waals surface area contributed by atoms with Gasteiger partial charge in [0.15, 0.2) is 5.78 Å². The number of ketones is 1. The van der Waals surface area contributed by atoms with Crippen LogP contribution >= 0.6 is 0 Å². The van der Waals surface area contributed by atoms with Gasteiger partial charge >= 0.3 is 0 Å². The number of benzene rings is 4. The molecule has 8 rings (SSSR count). The van der Waals surface area contributed by atoms with E-state index in [0.717, 1.165) is 70.5 Å². The van der Waals surface area contributed by atoms with Gasteiger partial charge in [0.05, 0.1) is 28.9 Å². The Balaban J connectivity index is 0.000000207. The van der Waals surface area contributed by atoms with Gasteiger partial charge in [0.1, 0.15) is 17.3 Å². The number of rotatable bonds is 9. The van der Waals surface area contributed by atoms with Crippen molar-refractivity contribution in [1.82, 2.24) is 14.1 Å². The summed E-state index contributed by atoms with van der Waals surface area (Å²) in [6.07, 6.45) is 15.4. The Morgan fingerprint density at radius 1 is 0.769 bits per heavy atom. The van der Waals surface area contributed by atoms with Crippen molar-refractivity contribution in [2.45, 2.75) is 26.2 Å². The highest BCUT2D eigenvalue weighted by molar-refractivity contribution is 6.27. The molecular formula is C56H59N5O4. The highest BCUT2D eigenvalue weighted by Crippen LogP contribution is 2.43. The Hall–Kier alpha value is -7.78. The first kappa shape index (κ1) is 48.3. The van der Waals surface area contributed by atoms with Crippen LogP contribution in [0.4, 0.5) is 11.4 Å². The van der Waals surface area contributed by atoms with Crippen LogP contribution in [-0.2, 0) is 7.05 Å². The molecule has 332 valence electrons. The van der Waals surface area contributed by atoms with E-state index in [1.165, 1.54) is 6.42 Å². The third kappa shape index (κ3) is 10.9. The Labute approximate surface area is 382 Å². The summed E-state index contributed by atoms with van der Waals surface area (Å²) in [6.45, 7) is 25.2. The maximum atomic E-state index is 13.3. The summed E-state index contributed by atoms with van der Waals surface area (Å²) >= 11 is 0. The van der Waals surface area contributed by atoms with E-state index in [9.17, 15) is 14.4 Å². The summed E-state index contributed by atoms with van der Waals surface area (Å²) in [5, 5.41) is 1.74. The first-order chi connectivity index (χ1) is 31.3. The zero-order valence-corrected chi connectivity index (χ0v) is 38.3. The molecule has 0 bridgehead atoms. The Bertz CT molecular complexity index is 2990. The topological polar surface area (TPSA) is 89.7 Å². The molecule has 9 nitrogen and oxygen atoms in total. The predicted molar refractivity (Wildman–Crippen MR) is 275 cm³/mol. The Kier molecular flexibility index (Phi) is 16.7. The number of aryl methyl sites for hydroxylation is 1. The second-order valence-electron chi connectivity index (χ2n) is 15.5. The predicted octanol–water partition coefficient (Wildman–Crippen LogP) is 9.70. The highest BCUT2D eigenvalue weighted by atomic mass is 16.5. The van der Waals surface area contributed by atoms with Crippen LogP contribution in [0.1, 0.15) is 53.5 Å².